The van der Waals surface area contributed by atoms with E-state index in [1.54, 1.807) is 24.3 Å². The van der Waals surface area contributed by atoms with Crippen LogP contribution < -0.4 is 10.6 Å². The molecule has 4 rings (SSSR count). The zero-order chi connectivity index (χ0) is 24.6. The number of hydrogen-bond acceptors (Lipinski definition) is 3. The Morgan fingerprint density at radius 3 is 2.35 bits per heavy atom. The fourth-order valence-corrected chi connectivity index (χ4v) is 5.20. The number of rotatable bonds is 7. The highest BCUT2D eigenvalue weighted by molar-refractivity contribution is 6.35. The van der Waals surface area contributed by atoms with Crippen LogP contribution in [0.15, 0.2) is 54.6 Å². The average molecular weight is 544 g/mol. The first kappa shape index (κ1) is 24.7. The molecule has 0 aromatic heterocycles. The van der Waals surface area contributed by atoms with Crippen LogP contribution in [-0.4, -0.2) is 24.1 Å². The molecule has 34 heavy (non-hydrogen) atoms. The van der Waals surface area contributed by atoms with E-state index in [9.17, 15) is 18.4 Å². The van der Waals surface area contributed by atoms with Crippen molar-refractivity contribution in [2.45, 2.75) is 11.3 Å². The van der Waals surface area contributed by atoms with Crippen molar-refractivity contribution < 1.29 is 18.4 Å². The van der Waals surface area contributed by atoms with Gasteiger partial charge in [0.1, 0.15) is 17.9 Å². The van der Waals surface area contributed by atoms with Gasteiger partial charge >= 0.3 is 0 Å². The number of aldehydes is 1. The quantitative estimate of drug-likeness (QED) is 0.245. The molecule has 0 aliphatic heterocycles. The van der Waals surface area contributed by atoms with Crippen LogP contribution in [0.1, 0.15) is 21.8 Å². The van der Waals surface area contributed by atoms with Gasteiger partial charge in [-0.15, -0.1) is 11.6 Å². The fourth-order valence-electron chi connectivity index (χ4n) is 3.88. The first-order valence-corrected chi connectivity index (χ1v) is 11.6. The van der Waals surface area contributed by atoms with Crippen molar-refractivity contribution in [1.82, 2.24) is 0 Å². The second-order valence-corrected chi connectivity index (χ2v) is 9.69. The Balaban J connectivity index is 1.51. The lowest BCUT2D eigenvalue weighted by Gasteiger charge is -2.15. The van der Waals surface area contributed by atoms with Crippen LogP contribution in [0, 0.1) is 17.0 Å². The highest BCUT2D eigenvalue weighted by Gasteiger charge is 2.64. The predicted octanol–water partition coefficient (Wildman–Crippen LogP) is 7.18. The maximum Gasteiger partial charge on any atom is 0.257 e. The van der Waals surface area contributed by atoms with Gasteiger partial charge in [0.2, 0.25) is 0 Å². The van der Waals surface area contributed by atoms with Crippen molar-refractivity contribution in [3.05, 3.63) is 92.4 Å². The van der Waals surface area contributed by atoms with Gasteiger partial charge in [-0.2, -0.15) is 0 Å². The summed E-state index contributed by atoms with van der Waals surface area (Å²) < 4.78 is 27.0. The largest absolute Gasteiger partial charge is 0.384 e. The van der Waals surface area contributed by atoms with Gasteiger partial charge in [0.15, 0.2) is 0 Å². The van der Waals surface area contributed by atoms with E-state index in [0.29, 0.717) is 21.8 Å². The Kier molecular flexibility index (Phi) is 7.06. The standard InChI is InChI=1S/C24H16Cl4F2N2O2/c25-13-5-12(6-14(26)7-13)21-22(28)24(21,11-33)10-31-16-2-3-18(27)17(9-16)23(34)32-20-4-1-15(29)8-19(20)30/h1-9,11,21-22,31H,10H2,(H,32,34)/t21?,22-,24?/m1/s1. The Bertz CT molecular complexity index is 1270. The molecule has 10 heteroatoms. The topological polar surface area (TPSA) is 58.2 Å². The highest BCUT2D eigenvalue weighted by atomic mass is 35.5. The first-order valence-electron chi connectivity index (χ1n) is 10.0. The summed E-state index contributed by atoms with van der Waals surface area (Å²) in [5.41, 5.74) is 0.214. The zero-order valence-corrected chi connectivity index (χ0v) is 20.2. The van der Waals surface area contributed by atoms with Gasteiger partial charge in [0.25, 0.3) is 5.91 Å². The molecule has 1 amide bonds. The number of carbonyl (C=O) groups is 2. The molecule has 2 unspecified atom stereocenters. The summed E-state index contributed by atoms with van der Waals surface area (Å²) in [5, 5.41) is 6.02. The van der Waals surface area contributed by atoms with Crippen LogP contribution in [0.5, 0.6) is 0 Å². The minimum atomic E-state index is -0.916. The van der Waals surface area contributed by atoms with E-state index in [1.165, 1.54) is 12.1 Å². The monoisotopic (exact) mass is 542 g/mol. The Hall–Kier alpha value is -2.38. The second-order valence-electron chi connectivity index (χ2n) is 7.94. The maximum absolute atomic E-state index is 13.9. The number of halogens is 6. The van der Waals surface area contributed by atoms with Crippen molar-refractivity contribution in [2.24, 2.45) is 5.41 Å². The van der Waals surface area contributed by atoms with E-state index in [1.807, 2.05) is 0 Å². The number of hydrogen-bond donors (Lipinski definition) is 2. The third-order valence-electron chi connectivity index (χ3n) is 5.73. The van der Waals surface area contributed by atoms with E-state index in [4.69, 9.17) is 46.4 Å². The molecule has 0 saturated heterocycles. The van der Waals surface area contributed by atoms with Crippen molar-refractivity contribution in [2.75, 3.05) is 17.2 Å². The maximum atomic E-state index is 13.9. The first-order chi connectivity index (χ1) is 16.1. The zero-order valence-electron chi connectivity index (χ0n) is 17.2. The third kappa shape index (κ3) is 4.86. The SMILES string of the molecule is O=CC1(CNc2ccc(Cl)c(C(=O)Nc3ccc(F)cc3F)c2)C(c2cc(Cl)cc(Cl)c2)[C@H]1Cl. The molecular formula is C24H16Cl4F2N2O2. The van der Waals surface area contributed by atoms with Crippen molar-refractivity contribution in [3.8, 4) is 0 Å². The van der Waals surface area contributed by atoms with Crippen molar-refractivity contribution in [1.29, 1.82) is 0 Å². The van der Waals surface area contributed by atoms with E-state index in [0.717, 1.165) is 24.0 Å². The molecular weight excluding hydrogens is 528 g/mol. The molecule has 1 fully saturated rings. The molecule has 3 atom stereocenters. The molecule has 0 radical (unpaired) electrons. The van der Waals surface area contributed by atoms with E-state index >= 15 is 0 Å². The summed E-state index contributed by atoms with van der Waals surface area (Å²) >= 11 is 24.8. The molecule has 0 spiro atoms. The van der Waals surface area contributed by atoms with Crippen LogP contribution in [-0.2, 0) is 4.79 Å². The van der Waals surface area contributed by atoms with Crippen LogP contribution in [0.4, 0.5) is 20.2 Å². The van der Waals surface area contributed by atoms with Gasteiger partial charge in [-0.25, -0.2) is 8.78 Å². The van der Waals surface area contributed by atoms with Crippen LogP contribution in [0.2, 0.25) is 15.1 Å². The van der Waals surface area contributed by atoms with Crippen LogP contribution in [0.3, 0.4) is 0 Å². The minimum absolute atomic E-state index is 0.0620. The average Bonchev–Trinajstić information content (AvgIpc) is 3.38. The molecule has 2 N–H and O–H groups in total. The summed E-state index contributed by atoms with van der Waals surface area (Å²) in [6.45, 7) is 0.175. The van der Waals surface area contributed by atoms with Crippen LogP contribution in [0.25, 0.3) is 0 Å². The van der Waals surface area contributed by atoms with E-state index in [2.05, 4.69) is 10.6 Å². The summed E-state index contributed by atoms with van der Waals surface area (Å²) in [6.07, 6.45) is 0.804. The predicted molar refractivity (Wildman–Crippen MR) is 132 cm³/mol. The molecule has 0 bridgehead atoms. The fraction of sp³-hybridized carbons (Fsp3) is 0.167. The summed E-state index contributed by atoms with van der Waals surface area (Å²) in [6, 6.07) is 12.4. The molecule has 1 aliphatic rings. The minimum Gasteiger partial charge on any atom is -0.384 e. The van der Waals surface area contributed by atoms with Gasteiger partial charge in [-0.1, -0.05) is 34.8 Å². The molecule has 4 nitrogen and oxygen atoms in total. The smallest absolute Gasteiger partial charge is 0.257 e. The van der Waals surface area contributed by atoms with Crippen LogP contribution >= 0.6 is 46.4 Å². The Morgan fingerprint density at radius 1 is 1.00 bits per heavy atom. The lowest BCUT2D eigenvalue weighted by molar-refractivity contribution is -0.111. The molecule has 3 aromatic rings. The van der Waals surface area contributed by atoms with Gasteiger partial charge < -0.3 is 15.4 Å². The van der Waals surface area contributed by atoms with E-state index in [-0.39, 0.29) is 28.7 Å². The number of alkyl halides is 1. The number of anilines is 2. The Morgan fingerprint density at radius 2 is 1.71 bits per heavy atom. The third-order valence-corrected chi connectivity index (χ3v) is 7.15. The molecule has 3 aromatic carbocycles. The molecule has 1 saturated carbocycles. The number of benzene rings is 3. The summed E-state index contributed by atoms with van der Waals surface area (Å²) in [4.78, 5) is 24.7. The Labute approximate surface area is 214 Å². The van der Waals surface area contributed by atoms with Gasteiger partial charge in [-0.3, -0.25) is 4.79 Å². The van der Waals surface area contributed by atoms with Gasteiger partial charge in [0.05, 0.1) is 27.1 Å². The second kappa shape index (κ2) is 9.70. The molecule has 176 valence electrons. The normalized spacial score (nSPS) is 21.1. The van der Waals surface area contributed by atoms with Gasteiger partial charge in [-0.05, 0) is 54.1 Å². The van der Waals surface area contributed by atoms with Crippen molar-refractivity contribution in [3.63, 3.8) is 0 Å². The van der Waals surface area contributed by atoms with Crippen molar-refractivity contribution >= 4 is 70.0 Å². The number of carbonyl (C=O) groups excluding carboxylic acids is 2. The summed E-state index contributed by atoms with van der Waals surface area (Å²) in [5.74, 6) is -2.66. The molecule has 0 heterocycles. The molecule has 1 aliphatic carbocycles. The number of amides is 1. The lowest BCUT2D eigenvalue weighted by Crippen LogP contribution is -2.21. The lowest BCUT2D eigenvalue weighted by atomic mass is 10.00. The highest BCUT2D eigenvalue weighted by Crippen LogP contribution is 2.61. The summed E-state index contributed by atoms with van der Waals surface area (Å²) in [7, 11) is 0. The van der Waals surface area contributed by atoms with Gasteiger partial charge in [0, 0.05) is 34.3 Å². The van der Waals surface area contributed by atoms with E-state index < -0.39 is 28.3 Å². The number of nitrogens with one attached hydrogen (secondary N) is 2.